The van der Waals surface area contributed by atoms with Gasteiger partial charge in [0.05, 0.1) is 30.8 Å². The number of amides is 1. The number of morpholine rings is 1. The molecule has 8 heteroatoms. The van der Waals surface area contributed by atoms with Crippen molar-refractivity contribution in [2.45, 2.75) is 44.0 Å². The summed E-state index contributed by atoms with van der Waals surface area (Å²) in [4.78, 5) is 14.7. The van der Waals surface area contributed by atoms with Gasteiger partial charge in [0.1, 0.15) is 5.75 Å². The summed E-state index contributed by atoms with van der Waals surface area (Å²) in [7, 11) is -2.40. The minimum absolute atomic E-state index is 0.0214. The molecule has 1 heterocycles. The summed E-state index contributed by atoms with van der Waals surface area (Å²) < 4.78 is 39.5. The molecule has 0 bridgehead atoms. The molecule has 1 aliphatic heterocycles. The fourth-order valence-electron chi connectivity index (χ4n) is 3.60. The lowest BCUT2D eigenvalue weighted by molar-refractivity contribution is 0.0300. The van der Waals surface area contributed by atoms with Crippen LogP contribution in [0, 0.1) is 0 Å². The highest BCUT2D eigenvalue weighted by atomic mass is 32.2. The van der Waals surface area contributed by atoms with Crippen molar-refractivity contribution < 1.29 is 22.7 Å². The first kappa shape index (κ1) is 24.2. The standard InChI is InChI=1S/C24H32N2O5S/c1-17(18-6-8-19(9-7-18)24(2,3)4)25-32(28,29)20-10-11-22(30-5)21(16-20)23(27)26-12-14-31-15-13-26/h6-11,16-17,25H,12-15H2,1-5H3/t17-/m0/s1. The Balaban J connectivity index is 1.83. The van der Waals surface area contributed by atoms with Crippen molar-refractivity contribution in [1.29, 1.82) is 0 Å². The van der Waals surface area contributed by atoms with Crippen LogP contribution < -0.4 is 9.46 Å². The van der Waals surface area contributed by atoms with Gasteiger partial charge in [0.2, 0.25) is 10.0 Å². The van der Waals surface area contributed by atoms with E-state index in [0.29, 0.717) is 32.1 Å². The van der Waals surface area contributed by atoms with Gasteiger partial charge in [-0.1, -0.05) is 45.0 Å². The Labute approximate surface area is 190 Å². The molecule has 0 radical (unpaired) electrons. The number of sulfonamides is 1. The molecule has 2 aromatic carbocycles. The third-order valence-electron chi connectivity index (χ3n) is 5.62. The summed E-state index contributed by atoms with van der Waals surface area (Å²) in [5, 5.41) is 0. The molecule has 3 rings (SSSR count). The predicted octanol–water partition coefficient (Wildman–Crippen LogP) is 3.50. The Morgan fingerprint density at radius 1 is 1.09 bits per heavy atom. The highest BCUT2D eigenvalue weighted by molar-refractivity contribution is 7.89. The van der Waals surface area contributed by atoms with E-state index in [-0.39, 0.29) is 21.8 Å². The number of methoxy groups -OCH3 is 1. The maximum atomic E-state index is 13.1. The Morgan fingerprint density at radius 2 is 1.72 bits per heavy atom. The second-order valence-corrected chi connectivity index (χ2v) is 10.7. The van der Waals surface area contributed by atoms with Gasteiger partial charge in [-0.2, -0.15) is 0 Å². The quantitative estimate of drug-likeness (QED) is 0.713. The molecular formula is C24H32N2O5S. The van der Waals surface area contributed by atoms with Crippen LogP contribution in [0.15, 0.2) is 47.4 Å². The van der Waals surface area contributed by atoms with Gasteiger partial charge in [-0.05, 0) is 41.7 Å². The van der Waals surface area contributed by atoms with Crippen LogP contribution in [0.25, 0.3) is 0 Å². The van der Waals surface area contributed by atoms with Crippen molar-refractivity contribution in [3.63, 3.8) is 0 Å². The van der Waals surface area contributed by atoms with E-state index in [1.807, 2.05) is 24.3 Å². The molecule has 0 aliphatic carbocycles. The molecule has 0 aromatic heterocycles. The second-order valence-electron chi connectivity index (χ2n) is 8.98. The lowest BCUT2D eigenvalue weighted by Gasteiger charge is -2.27. The Kier molecular flexibility index (Phi) is 7.27. The first-order valence-corrected chi connectivity index (χ1v) is 12.2. The Bertz CT molecular complexity index is 1050. The summed E-state index contributed by atoms with van der Waals surface area (Å²) in [6.07, 6.45) is 0. The third-order valence-corrected chi connectivity index (χ3v) is 7.16. The van der Waals surface area contributed by atoms with E-state index in [2.05, 4.69) is 25.5 Å². The van der Waals surface area contributed by atoms with Crippen LogP contribution in [0.5, 0.6) is 5.75 Å². The van der Waals surface area contributed by atoms with Crippen LogP contribution in [-0.4, -0.2) is 52.6 Å². The largest absolute Gasteiger partial charge is 0.496 e. The number of rotatable bonds is 6. The molecule has 1 N–H and O–H groups in total. The lowest BCUT2D eigenvalue weighted by atomic mass is 9.86. The normalized spacial score (nSPS) is 16.0. The molecule has 1 saturated heterocycles. The van der Waals surface area contributed by atoms with Gasteiger partial charge in [-0.15, -0.1) is 0 Å². The van der Waals surface area contributed by atoms with Crippen LogP contribution in [-0.2, 0) is 20.2 Å². The fourth-order valence-corrected chi connectivity index (χ4v) is 4.86. The van der Waals surface area contributed by atoms with E-state index in [0.717, 1.165) is 5.56 Å². The van der Waals surface area contributed by atoms with Gasteiger partial charge < -0.3 is 14.4 Å². The lowest BCUT2D eigenvalue weighted by Crippen LogP contribution is -2.40. The minimum Gasteiger partial charge on any atom is -0.496 e. The average molecular weight is 461 g/mol. The summed E-state index contributed by atoms with van der Waals surface area (Å²) in [5.74, 6) is 0.0688. The first-order valence-electron chi connectivity index (χ1n) is 10.7. The molecule has 2 aromatic rings. The Hall–Kier alpha value is -2.42. The predicted molar refractivity (Wildman–Crippen MR) is 124 cm³/mol. The van der Waals surface area contributed by atoms with Crippen LogP contribution in [0.2, 0.25) is 0 Å². The smallest absolute Gasteiger partial charge is 0.257 e. The molecule has 1 amide bonds. The van der Waals surface area contributed by atoms with Gasteiger partial charge in [0, 0.05) is 19.1 Å². The van der Waals surface area contributed by atoms with E-state index < -0.39 is 16.1 Å². The van der Waals surface area contributed by atoms with Crippen LogP contribution in [0.3, 0.4) is 0 Å². The number of benzene rings is 2. The van der Waals surface area contributed by atoms with Gasteiger partial charge in [0.25, 0.3) is 5.91 Å². The van der Waals surface area contributed by atoms with E-state index in [9.17, 15) is 13.2 Å². The number of nitrogens with zero attached hydrogens (tertiary/aromatic N) is 1. The molecule has 0 spiro atoms. The Morgan fingerprint density at radius 3 is 2.28 bits per heavy atom. The SMILES string of the molecule is COc1ccc(S(=O)(=O)N[C@@H](C)c2ccc(C(C)(C)C)cc2)cc1C(=O)N1CCOCC1. The molecule has 1 fully saturated rings. The van der Waals surface area contributed by atoms with Crippen LogP contribution >= 0.6 is 0 Å². The highest BCUT2D eigenvalue weighted by Crippen LogP contribution is 2.27. The highest BCUT2D eigenvalue weighted by Gasteiger charge is 2.26. The summed E-state index contributed by atoms with van der Waals surface area (Å²) in [6, 6.07) is 11.8. The van der Waals surface area contributed by atoms with Crippen LogP contribution in [0.1, 0.15) is 55.2 Å². The number of carbonyl (C=O) groups excluding carboxylic acids is 1. The van der Waals surface area contributed by atoms with Gasteiger partial charge in [-0.3, -0.25) is 4.79 Å². The molecule has 1 aliphatic rings. The zero-order valence-electron chi connectivity index (χ0n) is 19.3. The third kappa shape index (κ3) is 5.49. The zero-order valence-corrected chi connectivity index (χ0v) is 20.2. The number of carbonyl (C=O) groups is 1. The summed E-state index contributed by atoms with van der Waals surface area (Å²) in [5.41, 5.74) is 2.28. The number of ether oxygens (including phenoxy) is 2. The van der Waals surface area contributed by atoms with Gasteiger partial charge in [-0.25, -0.2) is 13.1 Å². The van der Waals surface area contributed by atoms with Crippen molar-refractivity contribution in [2.24, 2.45) is 0 Å². The van der Waals surface area contributed by atoms with Crippen LogP contribution in [0.4, 0.5) is 0 Å². The monoisotopic (exact) mass is 460 g/mol. The fraction of sp³-hybridized carbons (Fsp3) is 0.458. The molecule has 32 heavy (non-hydrogen) atoms. The number of hydrogen-bond acceptors (Lipinski definition) is 5. The van der Waals surface area contributed by atoms with Crippen molar-refractivity contribution in [1.82, 2.24) is 9.62 Å². The van der Waals surface area contributed by atoms with Crippen molar-refractivity contribution >= 4 is 15.9 Å². The second kappa shape index (κ2) is 9.60. The van der Waals surface area contributed by atoms with Crippen molar-refractivity contribution in [3.05, 3.63) is 59.2 Å². The number of nitrogens with one attached hydrogen (secondary N) is 1. The van der Waals surface area contributed by atoms with E-state index >= 15 is 0 Å². The number of hydrogen-bond donors (Lipinski definition) is 1. The molecular weight excluding hydrogens is 428 g/mol. The van der Waals surface area contributed by atoms with Gasteiger partial charge >= 0.3 is 0 Å². The zero-order chi connectivity index (χ0) is 23.5. The molecule has 0 saturated carbocycles. The van der Waals surface area contributed by atoms with E-state index in [4.69, 9.17) is 9.47 Å². The van der Waals surface area contributed by atoms with Gasteiger partial charge in [0.15, 0.2) is 0 Å². The minimum atomic E-state index is -3.86. The molecule has 1 atom stereocenters. The van der Waals surface area contributed by atoms with E-state index in [1.165, 1.54) is 30.9 Å². The molecule has 0 unspecified atom stereocenters. The maximum absolute atomic E-state index is 13.1. The average Bonchev–Trinajstić information content (AvgIpc) is 2.78. The van der Waals surface area contributed by atoms with Crippen molar-refractivity contribution in [3.8, 4) is 5.75 Å². The molecule has 7 nitrogen and oxygen atoms in total. The summed E-state index contributed by atoms with van der Waals surface area (Å²) in [6.45, 7) is 10.0. The maximum Gasteiger partial charge on any atom is 0.257 e. The first-order chi connectivity index (χ1) is 15.0. The molecule has 174 valence electrons. The topological polar surface area (TPSA) is 84.9 Å². The van der Waals surface area contributed by atoms with Crippen molar-refractivity contribution in [2.75, 3.05) is 33.4 Å². The van der Waals surface area contributed by atoms with E-state index in [1.54, 1.807) is 11.8 Å². The summed E-state index contributed by atoms with van der Waals surface area (Å²) >= 11 is 0.